The van der Waals surface area contributed by atoms with Crippen LogP contribution in [0.25, 0.3) is 0 Å². The maximum atomic E-state index is 11.5. The van der Waals surface area contributed by atoms with Gasteiger partial charge in [-0.05, 0) is 71.5 Å². The Kier molecular flexibility index (Phi) is 5.85. The van der Waals surface area contributed by atoms with Crippen LogP contribution in [0.2, 0.25) is 0 Å². The van der Waals surface area contributed by atoms with E-state index in [1.807, 2.05) is 6.92 Å². The van der Waals surface area contributed by atoms with Crippen molar-refractivity contribution < 1.29 is 9.90 Å². The van der Waals surface area contributed by atoms with Crippen LogP contribution in [0, 0.1) is 0 Å². The van der Waals surface area contributed by atoms with Gasteiger partial charge in [0.2, 0.25) is 0 Å². The maximum absolute atomic E-state index is 11.5. The van der Waals surface area contributed by atoms with Crippen LogP contribution in [0.5, 0.6) is 0 Å². The molecule has 2 N–H and O–H groups in total. The lowest BCUT2D eigenvalue weighted by atomic mass is 9.94. The van der Waals surface area contributed by atoms with Gasteiger partial charge in [-0.25, -0.2) is 0 Å². The lowest BCUT2D eigenvalue weighted by molar-refractivity contribution is -0.144. The second-order valence-electron chi connectivity index (χ2n) is 6.77. The summed E-state index contributed by atoms with van der Waals surface area (Å²) in [7, 11) is 0. The zero-order valence-corrected chi connectivity index (χ0v) is 12.9. The van der Waals surface area contributed by atoms with Gasteiger partial charge in [0.1, 0.15) is 5.54 Å². The second kappa shape index (κ2) is 7.41. The smallest absolute Gasteiger partial charge is 0.323 e. The zero-order valence-electron chi connectivity index (χ0n) is 12.9. The van der Waals surface area contributed by atoms with Crippen LogP contribution in [-0.4, -0.2) is 47.2 Å². The van der Waals surface area contributed by atoms with Gasteiger partial charge in [-0.15, -0.1) is 0 Å². The molecule has 2 rings (SSSR count). The SMILES string of the molecule is CC(CCCCN1CCCCCC1)(NC1CC1)C(=O)O. The predicted octanol–water partition coefficient (Wildman–Crippen LogP) is 2.63. The van der Waals surface area contributed by atoms with Gasteiger partial charge in [0.05, 0.1) is 0 Å². The molecule has 2 aliphatic rings. The van der Waals surface area contributed by atoms with E-state index in [2.05, 4.69) is 10.2 Å². The second-order valence-corrected chi connectivity index (χ2v) is 6.77. The van der Waals surface area contributed by atoms with Crippen LogP contribution >= 0.6 is 0 Å². The number of unbranched alkanes of at least 4 members (excludes halogenated alkanes) is 1. The fourth-order valence-corrected chi connectivity index (χ4v) is 3.09. The average Bonchev–Trinajstić information content (AvgIpc) is 3.22. The van der Waals surface area contributed by atoms with Crippen LogP contribution < -0.4 is 5.32 Å². The first-order chi connectivity index (χ1) is 9.60. The van der Waals surface area contributed by atoms with Crippen molar-refractivity contribution in [3.8, 4) is 0 Å². The van der Waals surface area contributed by atoms with Crippen molar-refractivity contribution in [1.82, 2.24) is 10.2 Å². The minimum atomic E-state index is -0.722. The van der Waals surface area contributed by atoms with Crippen LogP contribution in [0.1, 0.15) is 64.7 Å². The molecular weight excluding hydrogens is 252 g/mol. The quantitative estimate of drug-likeness (QED) is 0.672. The standard InChI is InChI=1S/C16H30N2O2/c1-16(15(19)20,17-14-8-9-14)10-4-7-13-18-11-5-2-3-6-12-18/h14,17H,2-13H2,1H3,(H,19,20). The number of likely N-dealkylation sites (tertiary alicyclic amines) is 1. The topological polar surface area (TPSA) is 52.6 Å². The maximum Gasteiger partial charge on any atom is 0.323 e. The van der Waals surface area contributed by atoms with Crippen molar-refractivity contribution in [3.63, 3.8) is 0 Å². The Balaban J connectivity index is 1.65. The number of hydrogen-bond donors (Lipinski definition) is 2. The highest BCUT2D eigenvalue weighted by atomic mass is 16.4. The first kappa shape index (κ1) is 15.8. The number of carboxylic acid groups (broad SMARTS) is 1. The van der Waals surface area contributed by atoms with Gasteiger partial charge < -0.3 is 10.0 Å². The molecule has 0 aromatic rings. The summed E-state index contributed by atoms with van der Waals surface area (Å²) in [6, 6.07) is 0.446. The molecule has 0 aromatic heterocycles. The summed E-state index contributed by atoms with van der Waals surface area (Å²) in [5.41, 5.74) is -0.722. The van der Waals surface area contributed by atoms with Crippen molar-refractivity contribution in [1.29, 1.82) is 0 Å². The van der Waals surface area contributed by atoms with Gasteiger partial charge in [-0.2, -0.15) is 0 Å². The predicted molar refractivity (Wildman–Crippen MR) is 81.0 cm³/mol. The van der Waals surface area contributed by atoms with E-state index in [0.29, 0.717) is 6.04 Å². The lowest BCUT2D eigenvalue weighted by Crippen LogP contribution is -2.50. The average molecular weight is 282 g/mol. The molecule has 1 aliphatic heterocycles. The zero-order chi connectivity index (χ0) is 14.4. The van der Waals surface area contributed by atoms with Crippen molar-refractivity contribution >= 4 is 5.97 Å². The largest absolute Gasteiger partial charge is 0.480 e. The Morgan fingerprint density at radius 1 is 1.20 bits per heavy atom. The monoisotopic (exact) mass is 282 g/mol. The molecule has 0 radical (unpaired) electrons. The van der Waals surface area contributed by atoms with E-state index >= 15 is 0 Å². The number of rotatable bonds is 8. The molecule has 4 heteroatoms. The highest BCUT2D eigenvalue weighted by Gasteiger charge is 2.37. The molecule has 0 amide bonds. The highest BCUT2D eigenvalue weighted by Crippen LogP contribution is 2.25. The molecule has 1 unspecified atom stereocenters. The Morgan fingerprint density at radius 3 is 2.40 bits per heavy atom. The van der Waals surface area contributed by atoms with Crippen molar-refractivity contribution in [2.75, 3.05) is 19.6 Å². The fourth-order valence-electron chi connectivity index (χ4n) is 3.09. The molecule has 116 valence electrons. The first-order valence-electron chi connectivity index (χ1n) is 8.34. The molecule has 1 atom stereocenters. The Labute approximate surface area is 122 Å². The first-order valence-corrected chi connectivity index (χ1v) is 8.34. The molecule has 1 saturated carbocycles. The summed E-state index contributed by atoms with van der Waals surface area (Å²) < 4.78 is 0. The van der Waals surface area contributed by atoms with Gasteiger partial charge in [-0.1, -0.05) is 12.8 Å². The summed E-state index contributed by atoms with van der Waals surface area (Å²) in [5.74, 6) is -0.695. The number of aliphatic carboxylic acids is 1. The van der Waals surface area contributed by atoms with Gasteiger partial charge in [0.15, 0.2) is 0 Å². The molecule has 4 nitrogen and oxygen atoms in total. The van der Waals surface area contributed by atoms with Crippen LogP contribution in [0.15, 0.2) is 0 Å². The number of nitrogens with one attached hydrogen (secondary N) is 1. The van der Waals surface area contributed by atoms with Gasteiger partial charge >= 0.3 is 5.97 Å². The lowest BCUT2D eigenvalue weighted by Gasteiger charge is -2.27. The molecule has 0 bridgehead atoms. The van der Waals surface area contributed by atoms with Gasteiger partial charge in [-0.3, -0.25) is 10.1 Å². The Morgan fingerprint density at radius 2 is 1.85 bits per heavy atom. The van der Waals surface area contributed by atoms with Crippen LogP contribution in [0.3, 0.4) is 0 Å². The normalized spacial score (nSPS) is 24.1. The minimum absolute atomic E-state index is 0.446. The summed E-state index contributed by atoms with van der Waals surface area (Å²) in [5, 5.41) is 12.7. The van der Waals surface area contributed by atoms with Gasteiger partial charge in [0.25, 0.3) is 0 Å². The van der Waals surface area contributed by atoms with Crippen molar-refractivity contribution in [3.05, 3.63) is 0 Å². The summed E-state index contributed by atoms with van der Waals surface area (Å²) in [6.07, 6.45) is 10.5. The summed E-state index contributed by atoms with van der Waals surface area (Å²) in [4.78, 5) is 14.0. The summed E-state index contributed by atoms with van der Waals surface area (Å²) in [6.45, 7) is 5.45. The third kappa shape index (κ3) is 5.06. The van der Waals surface area contributed by atoms with Crippen LogP contribution in [-0.2, 0) is 4.79 Å². The number of carbonyl (C=O) groups is 1. The third-order valence-corrected chi connectivity index (χ3v) is 4.67. The Hall–Kier alpha value is -0.610. The van der Waals surface area contributed by atoms with E-state index in [0.717, 1.165) is 38.6 Å². The van der Waals surface area contributed by atoms with E-state index in [1.54, 1.807) is 0 Å². The number of carboxylic acids is 1. The molecule has 1 aliphatic carbocycles. The third-order valence-electron chi connectivity index (χ3n) is 4.67. The number of hydrogen-bond acceptors (Lipinski definition) is 3. The molecule has 20 heavy (non-hydrogen) atoms. The Bertz CT molecular complexity index is 310. The molecule has 2 fully saturated rings. The fraction of sp³-hybridized carbons (Fsp3) is 0.938. The van der Waals surface area contributed by atoms with Crippen molar-refractivity contribution in [2.24, 2.45) is 0 Å². The number of nitrogens with zero attached hydrogens (tertiary/aromatic N) is 1. The minimum Gasteiger partial charge on any atom is -0.480 e. The highest BCUT2D eigenvalue weighted by molar-refractivity contribution is 5.78. The molecular formula is C16H30N2O2. The molecule has 0 spiro atoms. The van der Waals surface area contributed by atoms with Gasteiger partial charge in [0, 0.05) is 6.04 Å². The van der Waals surface area contributed by atoms with E-state index in [-0.39, 0.29) is 0 Å². The molecule has 0 aromatic carbocycles. The molecule has 1 saturated heterocycles. The summed E-state index contributed by atoms with van der Waals surface area (Å²) >= 11 is 0. The van der Waals surface area contributed by atoms with E-state index < -0.39 is 11.5 Å². The van der Waals surface area contributed by atoms with Crippen LogP contribution in [0.4, 0.5) is 0 Å². The van der Waals surface area contributed by atoms with E-state index in [1.165, 1.54) is 38.8 Å². The molecule has 1 heterocycles. The van der Waals surface area contributed by atoms with E-state index in [9.17, 15) is 9.90 Å². The van der Waals surface area contributed by atoms with E-state index in [4.69, 9.17) is 0 Å². The van der Waals surface area contributed by atoms with Crippen molar-refractivity contribution in [2.45, 2.75) is 76.3 Å².